The van der Waals surface area contributed by atoms with Gasteiger partial charge in [-0.2, -0.15) is 0 Å². The average molecular weight is 398 g/mol. The summed E-state index contributed by atoms with van der Waals surface area (Å²) in [6, 6.07) is 8.39. The highest BCUT2D eigenvalue weighted by atomic mass is 32.1. The summed E-state index contributed by atoms with van der Waals surface area (Å²) in [5.74, 6) is -0.108. The van der Waals surface area contributed by atoms with Crippen LogP contribution < -0.4 is 10.2 Å². The highest BCUT2D eigenvalue weighted by Crippen LogP contribution is 2.25. The first-order chi connectivity index (χ1) is 13.7. The molecular weight excluding hydrogens is 370 g/mol. The molecule has 1 aliphatic rings. The van der Waals surface area contributed by atoms with Crippen LogP contribution >= 0.6 is 11.3 Å². The Morgan fingerprint density at radius 1 is 1.29 bits per heavy atom. The number of hydrogen-bond donors (Lipinski definition) is 2. The Balaban J connectivity index is 1.46. The van der Waals surface area contributed by atoms with Crippen molar-refractivity contribution in [3.63, 3.8) is 0 Å². The minimum Gasteiger partial charge on any atom is -0.361 e. The fourth-order valence-corrected chi connectivity index (χ4v) is 4.63. The summed E-state index contributed by atoms with van der Waals surface area (Å²) >= 11 is 1.40. The molecule has 0 spiro atoms. The van der Waals surface area contributed by atoms with Gasteiger partial charge in [0.25, 0.3) is 5.91 Å². The zero-order chi connectivity index (χ0) is 19.3. The van der Waals surface area contributed by atoms with Crippen LogP contribution in [0.5, 0.6) is 0 Å². The third-order valence-electron chi connectivity index (χ3n) is 5.37. The van der Waals surface area contributed by atoms with Crippen LogP contribution in [0.4, 0.5) is 5.13 Å². The van der Waals surface area contributed by atoms with Gasteiger partial charge < -0.3 is 15.2 Å². The van der Waals surface area contributed by atoms with Gasteiger partial charge in [-0.15, -0.1) is 10.2 Å². The molecule has 1 aromatic carbocycles. The zero-order valence-electron chi connectivity index (χ0n) is 16.3. The van der Waals surface area contributed by atoms with Crippen molar-refractivity contribution in [3.05, 3.63) is 41.0 Å². The number of carbonyl (C=O) groups is 1. The topological polar surface area (TPSA) is 73.9 Å². The third kappa shape index (κ3) is 4.19. The number of aromatic nitrogens is 3. The summed E-state index contributed by atoms with van der Waals surface area (Å²) in [5, 5.41) is 14.1. The quantitative estimate of drug-likeness (QED) is 0.599. The first-order valence-corrected chi connectivity index (χ1v) is 11.0. The number of H-pyrrole nitrogens is 1. The Morgan fingerprint density at radius 3 is 2.93 bits per heavy atom. The first kappa shape index (κ1) is 18.9. The highest BCUT2D eigenvalue weighted by Gasteiger charge is 2.22. The van der Waals surface area contributed by atoms with Crippen LogP contribution in [0.1, 0.15) is 54.4 Å². The Labute approximate surface area is 169 Å². The maximum absolute atomic E-state index is 12.8. The number of rotatable bonds is 8. The number of benzene rings is 1. The SMILES string of the molecule is CCCCC(Cc1c[nH]c2ccccc12)NC(=O)c1nnc(N2CCCC2)s1. The molecule has 4 rings (SSSR count). The predicted octanol–water partition coefficient (Wildman–Crippen LogP) is 4.15. The van der Waals surface area contributed by atoms with E-state index in [0.717, 1.165) is 49.4 Å². The molecule has 0 radical (unpaired) electrons. The maximum atomic E-state index is 12.8. The molecule has 0 saturated carbocycles. The molecule has 1 atom stereocenters. The minimum atomic E-state index is -0.108. The number of anilines is 1. The van der Waals surface area contributed by atoms with E-state index >= 15 is 0 Å². The van der Waals surface area contributed by atoms with E-state index in [0.29, 0.717) is 5.01 Å². The number of nitrogens with one attached hydrogen (secondary N) is 2. The number of carbonyl (C=O) groups excluding carboxylic acids is 1. The molecule has 1 saturated heterocycles. The lowest BCUT2D eigenvalue weighted by molar-refractivity contribution is 0.0933. The average Bonchev–Trinajstić information content (AvgIpc) is 3.46. The molecule has 6 nitrogen and oxygen atoms in total. The van der Waals surface area contributed by atoms with Crippen LogP contribution in [0.15, 0.2) is 30.5 Å². The number of hydrogen-bond acceptors (Lipinski definition) is 5. The second-order valence-corrected chi connectivity index (χ2v) is 8.42. The van der Waals surface area contributed by atoms with Gasteiger partial charge >= 0.3 is 0 Å². The maximum Gasteiger partial charge on any atom is 0.282 e. The number of aromatic amines is 1. The minimum absolute atomic E-state index is 0.0887. The van der Waals surface area contributed by atoms with Crippen molar-refractivity contribution < 1.29 is 4.79 Å². The van der Waals surface area contributed by atoms with Crippen molar-refractivity contribution in [3.8, 4) is 0 Å². The van der Waals surface area contributed by atoms with E-state index < -0.39 is 0 Å². The second kappa shape index (κ2) is 8.73. The monoisotopic (exact) mass is 397 g/mol. The van der Waals surface area contributed by atoms with Crippen molar-refractivity contribution in [2.75, 3.05) is 18.0 Å². The van der Waals surface area contributed by atoms with Crippen molar-refractivity contribution >= 4 is 33.3 Å². The molecule has 28 heavy (non-hydrogen) atoms. The number of fused-ring (bicyclic) bond motifs is 1. The normalized spacial score (nSPS) is 15.2. The lowest BCUT2D eigenvalue weighted by Gasteiger charge is -2.17. The second-order valence-electron chi connectivity index (χ2n) is 7.46. The van der Waals surface area contributed by atoms with Crippen molar-refractivity contribution in [1.29, 1.82) is 0 Å². The summed E-state index contributed by atoms with van der Waals surface area (Å²) in [6.45, 7) is 4.20. The fraction of sp³-hybridized carbons (Fsp3) is 0.476. The summed E-state index contributed by atoms with van der Waals surface area (Å²) in [6.07, 6.45) is 8.40. The van der Waals surface area contributed by atoms with Gasteiger partial charge in [0.2, 0.25) is 10.1 Å². The van der Waals surface area contributed by atoms with E-state index in [9.17, 15) is 4.79 Å². The largest absolute Gasteiger partial charge is 0.361 e. The summed E-state index contributed by atoms with van der Waals surface area (Å²) in [5.41, 5.74) is 2.38. The fourth-order valence-electron chi connectivity index (χ4n) is 3.83. The molecule has 1 amide bonds. The van der Waals surface area contributed by atoms with Gasteiger partial charge in [-0.3, -0.25) is 4.79 Å². The summed E-state index contributed by atoms with van der Waals surface area (Å²) in [7, 11) is 0. The van der Waals surface area contributed by atoms with Gasteiger partial charge in [0.05, 0.1) is 0 Å². The molecular formula is C21H27N5OS. The molecule has 7 heteroatoms. The van der Waals surface area contributed by atoms with E-state index in [1.165, 1.54) is 35.1 Å². The molecule has 0 bridgehead atoms. The third-order valence-corrected chi connectivity index (χ3v) is 6.35. The lowest BCUT2D eigenvalue weighted by Crippen LogP contribution is -2.36. The van der Waals surface area contributed by atoms with Gasteiger partial charge in [-0.25, -0.2) is 0 Å². The number of para-hydroxylation sites is 1. The standard InChI is InChI=1S/C21H27N5OS/c1-2-3-8-16(13-15-14-22-18-10-5-4-9-17(15)18)23-19(27)20-24-25-21(28-20)26-11-6-7-12-26/h4-5,9-10,14,16,22H,2-3,6-8,11-13H2,1H3,(H,23,27). The van der Waals surface area contributed by atoms with Crippen molar-refractivity contribution in [2.24, 2.45) is 0 Å². The van der Waals surface area contributed by atoms with Gasteiger partial charge in [0, 0.05) is 36.2 Å². The van der Waals surface area contributed by atoms with E-state index in [-0.39, 0.29) is 11.9 Å². The molecule has 0 aliphatic carbocycles. The van der Waals surface area contributed by atoms with Crippen LogP contribution in [0, 0.1) is 0 Å². The van der Waals surface area contributed by atoms with Crippen LogP contribution in [0.3, 0.4) is 0 Å². The molecule has 1 unspecified atom stereocenters. The molecule has 1 aliphatic heterocycles. The Kier molecular flexibility index (Phi) is 5.90. The predicted molar refractivity (Wildman–Crippen MR) is 114 cm³/mol. The molecule has 1 fully saturated rings. The summed E-state index contributed by atoms with van der Waals surface area (Å²) < 4.78 is 0. The van der Waals surface area contributed by atoms with Crippen LogP contribution in [-0.4, -0.2) is 40.2 Å². The number of nitrogens with zero attached hydrogens (tertiary/aromatic N) is 3. The van der Waals surface area contributed by atoms with E-state index in [2.05, 4.69) is 56.7 Å². The van der Waals surface area contributed by atoms with Gasteiger partial charge in [-0.1, -0.05) is 49.3 Å². The van der Waals surface area contributed by atoms with Crippen molar-refractivity contribution in [2.45, 2.75) is 51.5 Å². The van der Waals surface area contributed by atoms with Gasteiger partial charge in [0.1, 0.15) is 0 Å². The van der Waals surface area contributed by atoms with Gasteiger partial charge in [-0.05, 0) is 37.3 Å². The molecule has 3 heterocycles. The van der Waals surface area contributed by atoms with Gasteiger partial charge in [0.15, 0.2) is 0 Å². The highest BCUT2D eigenvalue weighted by molar-refractivity contribution is 7.17. The van der Waals surface area contributed by atoms with E-state index in [1.807, 2.05) is 6.07 Å². The lowest BCUT2D eigenvalue weighted by atomic mass is 10.0. The molecule has 148 valence electrons. The summed E-state index contributed by atoms with van der Waals surface area (Å²) in [4.78, 5) is 18.4. The Morgan fingerprint density at radius 2 is 2.11 bits per heavy atom. The van der Waals surface area contributed by atoms with Crippen LogP contribution in [0.2, 0.25) is 0 Å². The smallest absolute Gasteiger partial charge is 0.282 e. The zero-order valence-corrected chi connectivity index (χ0v) is 17.1. The van der Waals surface area contributed by atoms with E-state index in [4.69, 9.17) is 0 Å². The van der Waals surface area contributed by atoms with E-state index in [1.54, 1.807) is 0 Å². The number of unbranched alkanes of at least 4 members (excludes halogenated alkanes) is 1. The van der Waals surface area contributed by atoms with Crippen LogP contribution in [-0.2, 0) is 6.42 Å². The molecule has 3 aromatic rings. The van der Waals surface area contributed by atoms with Crippen LogP contribution in [0.25, 0.3) is 10.9 Å². The molecule has 2 N–H and O–H groups in total. The molecule has 2 aromatic heterocycles. The number of amides is 1. The van der Waals surface area contributed by atoms with Crippen molar-refractivity contribution in [1.82, 2.24) is 20.5 Å². The Hall–Kier alpha value is -2.41. The first-order valence-electron chi connectivity index (χ1n) is 10.2. The Bertz CT molecular complexity index is 928.